The molecule has 1 aliphatic rings. The van der Waals surface area contributed by atoms with Crippen molar-refractivity contribution in [3.8, 4) is 23.0 Å². The zero-order valence-corrected chi connectivity index (χ0v) is 18.5. The van der Waals surface area contributed by atoms with E-state index in [-0.39, 0.29) is 0 Å². The quantitative estimate of drug-likeness (QED) is 0.289. The van der Waals surface area contributed by atoms with Gasteiger partial charge in [-0.1, -0.05) is 5.92 Å². The van der Waals surface area contributed by atoms with E-state index in [0.29, 0.717) is 49.7 Å². The number of alkyl halides is 1. The van der Waals surface area contributed by atoms with Gasteiger partial charge in [-0.05, 0) is 67.6 Å². The Labute approximate surface area is 187 Å². The molecular weight excluding hydrogens is 405 g/mol. The number of aryl methyl sites for hydroxylation is 1. The van der Waals surface area contributed by atoms with Crippen molar-refractivity contribution in [2.75, 3.05) is 26.7 Å². The maximum atomic E-state index is 14.6. The predicted octanol–water partition coefficient (Wildman–Crippen LogP) is 2.61. The van der Waals surface area contributed by atoms with Gasteiger partial charge < -0.3 is 16.4 Å². The molecule has 32 heavy (non-hydrogen) atoms. The van der Waals surface area contributed by atoms with Crippen LogP contribution in [0.15, 0.2) is 41.7 Å². The summed E-state index contributed by atoms with van der Waals surface area (Å²) in [4.78, 5) is 8.87. The molecule has 0 atom stereocenters. The smallest absolute Gasteiger partial charge is 0.176 e. The van der Waals surface area contributed by atoms with Gasteiger partial charge in [-0.2, -0.15) is 0 Å². The molecule has 1 fully saturated rings. The minimum atomic E-state index is -1.13. The Bertz CT molecular complexity index is 1200. The van der Waals surface area contributed by atoms with Gasteiger partial charge in [0, 0.05) is 44.5 Å². The van der Waals surface area contributed by atoms with Crippen molar-refractivity contribution in [3.63, 3.8) is 0 Å². The van der Waals surface area contributed by atoms with Crippen LogP contribution in [0.25, 0.3) is 16.6 Å². The molecular formula is C24H28FN7. The average Bonchev–Trinajstić information content (AvgIpc) is 3.17. The number of amidine groups is 1. The molecule has 0 aliphatic carbocycles. The van der Waals surface area contributed by atoms with Crippen molar-refractivity contribution >= 4 is 17.2 Å². The molecule has 4 N–H and O–H groups in total. The summed E-state index contributed by atoms with van der Waals surface area (Å²) < 4.78 is 16.4. The standard InChI is InChI=1S/C24H28FN7/c1-3-4-19-12-21(18(14-29-19)5-8-24(25)15-28-16-24)17-7-10-32-20(11-17)13-23(31-32)30-22(26)6-9-27-2/h7,10-14,27-28H,5-6,8-9,15-16H2,1-2H3,(H2,26,30,31). The zero-order valence-electron chi connectivity index (χ0n) is 18.5. The van der Waals surface area contributed by atoms with Crippen molar-refractivity contribution in [2.24, 2.45) is 10.7 Å². The first-order valence-corrected chi connectivity index (χ1v) is 10.8. The van der Waals surface area contributed by atoms with Crippen LogP contribution in [0.5, 0.6) is 0 Å². The fourth-order valence-corrected chi connectivity index (χ4v) is 3.74. The number of rotatable bonds is 8. The van der Waals surface area contributed by atoms with E-state index in [1.807, 2.05) is 43.7 Å². The molecule has 166 valence electrons. The number of halogens is 1. The summed E-state index contributed by atoms with van der Waals surface area (Å²) in [6, 6.07) is 7.93. The summed E-state index contributed by atoms with van der Waals surface area (Å²) in [5.74, 6) is 7.02. The molecule has 0 spiro atoms. The van der Waals surface area contributed by atoms with Crippen LogP contribution in [0.2, 0.25) is 0 Å². The summed E-state index contributed by atoms with van der Waals surface area (Å²) in [5, 5.41) is 10.6. The van der Waals surface area contributed by atoms with E-state index in [0.717, 1.165) is 28.8 Å². The third-order valence-electron chi connectivity index (χ3n) is 5.62. The molecule has 3 aromatic heterocycles. The van der Waals surface area contributed by atoms with Crippen molar-refractivity contribution < 1.29 is 4.39 Å². The summed E-state index contributed by atoms with van der Waals surface area (Å²) in [6.07, 6.45) is 5.46. The number of aliphatic imine (C=N–C) groups is 1. The lowest BCUT2D eigenvalue weighted by Crippen LogP contribution is -2.56. The molecule has 0 saturated carbocycles. The van der Waals surface area contributed by atoms with Crippen LogP contribution in [-0.4, -0.2) is 52.8 Å². The highest BCUT2D eigenvalue weighted by Gasteiger charge is 2.36. The highest BCUT2D eigenvalue weighted by Crippen LogP contribution is 2.30. The minimum Gasteiger partial charge on any atom is -0.387 e. The number of nitrogens with one attached hydrogen (secondary N) is 2. The molecule has 0 bridgehead atoms. The van der Waals surface area contributed by atoms with E-state index in [9.17, 15) is 4.39 Å². The maximum Gasteiger partial charge on any atom is 0.176 e. The molecule has 1 saturated heterocycles. The molecule has 0 aromatic carbocycles. The third-order valence-corrected chi connectivity index (χ3v) is 5.62. The van der Waals surface area contributed by atoms with E-state index < -0.39 is 5.67 Å². The molecule has 7 nitrogen and oxygen atoms in total. The molecule has 0 radical (unpaired) electrons. The van der Waals surface area contributed by atoms with Crippen LogP contribution in [0, 0.1) is 11.8 Å². The molecule has 0 amide bonds. The Morgan fingerprint density at radius 3 is 2.94 bits per heavy atom. The normalized spacial score (nSPS) is 15.3. The first kappa shape index (κ1) is 21.9. The zero-order chi connectivity index (χ0) is 22.6. The molecule has 3 aromatic rings. The van der Waals surface area contributed by atoms with Gasteiger partial charge in [-0.25, -0.2) is 18.9 Å². The monoisotopic (exact) mass is 433 g/mol. The van der Waals surface area contributed by atoms with E-state index in [1.165, 1.54) is 0 Å². The van der Waals surface area contributed by atoms with Crippen LogP contribution < -0.4 is 16.4 Å². The lowest BCUT2D eigenvalue weighted by molar-refractivity contribution is 0.0809. The molecule has 4 rings (SSSR count). The Morgan fingerprint density at radius 1 is 1.38 bits per heavy atom. The van der Waals surface area contributed by atoms with Gasteiger partial charge in [-0.3, -0.25) is 0 Å². The number of pyridine rings is 2. The first-order valence-electron chi connectivity index (χ1n) is 10.8. The summed E-state index contributed by atoms with van der Waals surface area (Å²) in [5.41, 5.74) is 9.48. The minimum absolute atomic E-state index is 0.414. The van der Waals surface area contributed by atoms with Gasteiger partial charge in [0.05, 0.1) is 5.52 Å². The Morgan fingerprint density at radius 2 is 2.22 bits per heavy atom. The van der Waals surface area contributed by atoms with Gasteiger partial charge in [0.1, 0.15) is 17.2 Å². The molecule has 0 unspecified atom stereocenters. The number of hydrogen-bond donors (Lipinski definition) is 3. The number of nitrogens with two attached hydrogens (primary N) is 1. The number of hydrogen-bond acceptors (Lipinski definition) is 5. The molecule has 8 heteroatoms. The first-order chi connectivity index (χ1) is 15.5. The summed E-state index contributed by atoms with van der Waals surface area (Å²) >= 11 is 0. The van der Waals surface area contributed by atoms with E-state index in [1.54, 1.807) is 11.4 Å². The molecule has 1 aliphatic heterocycles. The van der Waals surface area contributed by atoms with Crippen molar-refractivity contribution in [2.45, 2.75) is 31.9 Å². The van der Waals surface area contributed by atoms with Crippen molar-refractivity contribution in [1.29, 1.82) is 0 Å². The predicted molar refractivity (Wildman–Crippen MR) is 126 cm³/mol. The fraction of sp³-hybridized carbons (Fsp3) is 0.375. The second kappa shape index (κ2) is 9.47. The highest BCUT2D eigenvalue weighted by molar-refractivity contribution is 5.83. The Kier molecular flexibility index (Phi) is 6.49. The van der Waals surface area contributed by atoms with Gasteiger partial charge in [-0.15, -0.1) is 5.10 Å². The van der Waals surface area contributed by atoms with E-state index in [4.69, 9.17) is 5.73 Å². The topological polar surface area (TPSA) is 92.6 Å². The van der Waals surface area contributed by atoms with E-state index in [2.05, 4.69) is 37.5 Å². The van der Waals surface area contributed by atoms with Crippen LogP contribution in [0.3, 0.4) is 0 Å². The average molecular weight is 434 g/mol. The number of aromatic nitrogens is 3. The SMILES string of the molecule is CC#Cc1cc(-c2ccn3nc(N=C(N)CCNC)cc3c2)c(CCC2(F)CNC2)cn1. The largest absolute Gasteiger partial charge is 0.387 e. The van der Waals surface area contributed by atoms with Gasteiger partial charge in [0.25, 0.3) is 0 Å². The number of nitrogens with zero attached hydrogens (tertiary/aromatic N) is 4. The van der Waals surface area contributed by atoms with Crippen LogP contribution in [-0.2, 0) is 6.42 Å². The molecule has 4 heterocycles. The van der Waals surface area contributed by atoms with Crippen LogP contribution in [0.4, 0.5) is 10.2 Å². The highest BCUT2D eigenvalue weighted by atomic mass is 19.1. The lowest BCUT2D eigenvalue weighted by Gasteiger charge is -2.35. The summed E-state index contributed by atoms with van der Waals surface area (Å²) in [7, 11) is 1.88. The second-order valence-corrected chi connectivity index (χ2v) is 8.10. The number of fused-ring (bicyclic) bond motifs is 1. The maximum absolute atomic E-state index is 14.6. The van der Waals surface area contributed by atoms with Crippen molar-refractivity contribution in [3.05, 3.63) is 47.9 Å². The van der Waals surface area contributed by atoms with E-state index >= 15 is 0 Å². The van der Waals surface area contributed by atoms with Gasteiger partial charge >= 0.3 is 0 Å². The van der Waals surface area contributed by atoms with Crippen LogP contribution >= 0.6 is 0 Å². The van der Waals surface area contributed by atoms with Gasteiger partial charge in [0.15, 0.2) is 5.82 Å². The second-order valence-electron chi connectivity index (χ2n) is 8.10. The van der Waals surface area contributed by atoms with Crippen LogP contribution in [0.1, 0.15) is 31.0 Å². The Hall–Kier alpha value is -3.28. The summed E-state index contributed by atoms with van der Waals surface area (Å²) in [6.45, 7) is 3.38. The van der Waals surface area contributed by atoms with Gasteiger partial charge in [0.2, 0.25) is 0 Å². The fourth-order valence-electron chi connectivity index (χ4n) is 3.74. The van der Waals surface area contributed by atoms with Crippen molar-refractivity contribution in [1.82, 2.24) is 25.2 Å². The third kappa shape index (κ3) is 4.96. The lowest BCUT2D eigenvalue weighted by atomic mass is 9.89. The Balaban J connectivity index is 1.66.